The Hall–Kier alpha value is -3.03. The molecule has 3 rings (SSSR count). The number of hydrogen-bond acceptors (Lipinski definition) is 6. The van der Waals surface area contributed by atoms with Gasteiger partial charge in [0.15, 0.2) is 11.4 Å². The Morgan fingerprint density at radius 2 is 2.00 bits per heavy atom. The van der Waals surface area contributed by atoms with Crippen LogP contribution in [0.4, 0.5) is 0 Å². The molecule has 0 atom stereocenters. The van der Waals surface area contributed by atoms with Crippen LogP contribution in [0.3, 0.4) is 0 Å². The molecule has 0 aliphatic rings. The lowest BCUT2D eigenvalue weighted by Crippen LogP contribution is -2.27. The van der Waals surface area contributed by atoms with Crippen molar-refractivity contribution in [1.29, 1.82) is 0 Å². The summed E-state index contributed by atoms with van der Waals surface area (Å²) >= 11 is 0. The Morgan fingerprint density at radius 3 is 2.72 bits per heavy atom. The van der Waals surface area contributed by atoms with Gasteiger partial charge in [-0.1, -0.05) is 18.6 Å². The number of carbonyl (C=O) groups excluding carboxylic acids is 1. The van der Waals surface area contributed by atoms with Crippen LogP contribution in [0.1, 0.15) is 30.1 Å². The second-order valence-corrected chi connectivity index (χ2v) is 5.71. The smallest absolute Gasteiger partial charge is 0.281 e. The lowest BCUT2D eigenvalue weighted by molar-refractivity contribution is 0.0964. The van der Waals surface area contributed by atoms with Gasteiger partial charge in [-0.25, -0.2) is 9.36 Å². The van der Waals surface area contributed by atoms with Crippen LogP contribution in [-0.4, -0.2) is 37.2 Å². The molecule has 1 aromatic carbocycles. The van der Waals surface area contributed by atoms with Gasteiger partial charge in [0.25, 0.3) is 5.56 Å². The van der Waals surface area contributed by atoms with Gasteiger partial charge in [0.1, 0.15) is 17.7 Å². The van der Waals surface area contributed by atoms with Crippen LogP contribution < -0.4 is 10.3 Å². The van der Waals surface area contributed by atoms with E-state index in [-0.39, 0.29) is 17.9 Å². The van der Waals surface area contributed by atoms with Gasteiger partial charge < -0.3 is 4.74 Å². The maximum atomic E-state index is 12.4. The Kier molecular flexibility index (Phi) is 4.87. The van der Waals surface area contributed by atoms with Gasteiger partial charge in [0, 0.05) is 12.6 Å². The maximum Gasteiger partial charge on any atom is 0.281 e. The largest absolute Gasteiger partial charge is 0.494 e. The molecule has 0 saturated heterocycles. The molecule has 0 fully saturated rings. The van der Waals surface area contributed by atoms with Crippen molar-refractivity contribution in [2.75, 3.05) is 6.61 Å². The maximum absolute atomic E-state index is 12.4. The Morgan fingerprint density at radius 1 is 1.24 bits per heavy atom. The lowest BCUT2D eigenvalue weighted by atomic mass is 10.1. The predicted octanol–water partition coefficient (Wildman–Crippen LogP) is 1.59. The molecule has 0 N–H and O–H groups in total. The number of carbonyl (C=O) groups is 1. The molecule has 8 nitrogen and oxygen atoms in total. The van der Waals surface area contributed by atoms with E-state index in [2.05, 4.69) is 22.3 Å². The van der Waals surface area contributed by atoms with Crippen molar-refractivity contribution >= 4 is 16.8 Å². The number of fused-ring (bicyclic) bond motifs is 1. The summed E-state index contributed by atoms with van der Waals surface area (Å²) in [5.41, 5.74) is 0.496. The van der Waals surface area contributed by atoms with Gasteiger partial charge in [-0.2, -0.15) is 5.10 Å². The lowest BCUT2D eigenvalue weighted by Gasteiger charge is -2.07. The summed E-state index contributed by atoms with van der Waals surface area (Å²) in [6.45, 7) is 2.57. The fourth-order valence-electron chi connectivity index (χ4n) is 2.38. The van der Waals surface area contributed by atoms with Crippen LogP contribution in [0.15, 0.2) is 35.3 Å². The monoisotopic (exact) mass is 341 g/mol. The topological polar surface area (TPSA) is 91.9 Å². The van der Waals surface area contributed by atoms with Crippen molar-refractivity contribution in [3.05, 3.63) is 46.4 Å². The number of nitrogens with zero attached hydrogens (tertiary/aromatic N) is 5. The number of hydrogen-bond donors (Lipinski definition) is 0. The van der Waals surface area contributed by atoms with Crippen molar-refractivity contribution in [3.63, 3.8) is 0 Å². The van der Waals surface area contributed by atoms with Crippen LogP contribution in [0.25, 0.3) is 11.0 Å². The molecule has 8 heteroatoms. The van der Waals surface area contributed by atoms with E-state index in [0.717, 1.165) is 23.3 Å². The van der Waals surface area contributed by atoms with E-state index >= 15 is 0 Å². The first kappa shape index (κ1) is 16.8. The number of unbranched alkanes of at least 4 members (excludes halogenated alkanes) is 1. The van der Waals surface area contributed by atoms with E-state index in [4.69, 9.17) is 4.74 Å². The van der Waals surface area contributed by atoms with E-state index in [1.54, 1.807) is 31.3 Å². The molecule has 0 saturated carbocycles. The molecule has 0 aliphatic carbocycles. The number of aromatic nitrogens is 5. The number of benzene rings is 1. The predicted molar refractivity (Wildman–Crippen MR) is 91.7 cm³/mol. The summed E-state index contributed by atoms with van der Waals surface area (Å²) in [5.74, 6) is 0.499. The van der Waals surface area contributed by atoms with E-state index in [0.29, 0.717) is 23.2 Å². The van der Waals surface area contributed by atoms with Crippen LogP contribution in [0.5, 0.6) is 5.75 Å². The highest BCUT2D eigenvalue weighted by Crippen LogP contribution is 2.13. The van der Waals surface area contributed by atoms with Crippen molar-refractivity contribution in [1.82, 2.24) is 24.8 Å². The highest BCUT2D eigenvalue weighted by molar-refractivity contribution is 5.96. The fraction of sp³-hybridized carbons (Fsp3) is 0.353. The zero-order valence-corrected chi connectivity index (χ0v) is 14.2. The minimum atomic E-state index is -0.383. The van der Waals surface area contributed by atoms with Crippen LogP contribution in [0.2, 0.25) is 0 Å². The fourth-order valence-corrected chi connectivity index (χ4v) is 2.38. The quantitative estimate of drug-likeness (QED) is 0.479. The number of aryl methyl sites for hydroxylation is 1. The molecule has 0 aliphatic heterocycles. The van der Waals surface area contributed by atoms with Gasteiger partial charge in [0.05, 0.1) is 12.8 Å². The number of ether oxygens (including phenoxy) is 1. The second kappa shape index (κ2) is 7.25. The molecule has 0 unspecified atom stereocenters. The van der Waals surface area contributed by atoms with Gasteiger partial charge in [-0.05, 0) is 30.7 Å². The normalized spacial score (nSPS) is 11.0. The Balaban J connectivity index is 1.74. The minimum Gasteiger partial charge on any atom is -0.494 e. The number of rotatable bonds is 7. The molecular weight excluding hydrogens is 322 g/mol. The molecular formula is C17H19N5O3. The Labute approximate surface area is 144 Å². The van der Waals surface area contributed by atoms with Crippen molar-refractivity contribution < 1.29 is 9.53 Å². The molecule has 0 spiro atoms. The highest BCUT2D eigenvalue weighted by Gasteiger charge is 2.13. The molecule has 0 amide bonds. The second-order valence-electron chi connectivity index (χ2n) is 5.71. The van der Waals surface area contributed by atoms with Gasteiger partial charge >= 0.3 is 0 Å². The molecule has 3 aromatic rings. The third-order valence-electron chi connectivity index (χ3n) is 3.86. The summed E-state index contributed by atoms with van der Waals surface area (Å²) in [7, 11) is 1.68. The van der Waals surface area contributed by atoms with E-state index < -0.39 is 0 Å². The minimum absolute atomic E-state index is 0.174. The van der Waals surface area contributed by atoms with Crippen LogP contribution in [0, 0.1) is 0 Å². The molecule has 130 valence electrons. The third kappa shape index (κ3) is 3.57. The SMILES string of the molecule is CCCCOc1ccc(C(=O)Cn2nnc3c(cnn3C)c2=O)cc1. The van der Waals surface area contributed by atoms with Crippen LogP contribution >= 0.6 is 0 Å². The van der Waals surface area contributed by atoms with Gasteiger partial charge in [0.2, 0.25) is 0 Å². The number of ketones is 1. The molecule has 25 heavy (non-hydrogen) atoms. The highest BCUT2D eigenvalue weighted by atomic mass is 16.5. The van der Waals surface area contributed by atoms with Crippen molar-refractivity contribution in [2.45, 2.75) is 26.3 Å². The first-order valence-corrected chi connectivity index (χ1v) is 8.11. The third-order valence-corrected chi connectivity index (χ3v) is 3.86. The summed E-state index contributed by atoms with van der Waals surface area (Å²) < 4.78 is 8.09. The van der Waals surface area contributed by atoms with Gasteiger partial charge in [-0.3, -0.25) is 9.59 Å². The Bertz CT molecular complexity index is 943. The van der Waals surface area contributed by atoms with Crippen molar-refractivity contribution in [3.8, 4) is 5.75 Å². The average molecular weight is 341 g/mol. The van der Waals surface area contributed by atoms with E-state index in [1.807, 2.05) is 0 Å². The standard InChI is InChI=1S/C17H19N5O3/c1-3-4-9-25-13-7-5-12(6-8-13)15(23)11-22-17(24)14-10-18-21(2)16(14)19-20-22/h5-8,10H,3-4,9,11H2,1-2H3. The zero-order valence-electron chi connectivity index (χ0n) is 14.2. The number of Topliss-reactive ketones (excluding diaryl/α,β-unsaturated/α-hetero) is 1. The van der Waals surface area contributed by atoms with Gasteiger partial charge in [-0.15, -0.1) is 5.10 Å². The summed E-state index contributed by atoms with van der Waals surface area (Å²) in [4.78, 5) is 24.7. The zero-order chi connectivity index (χ0) is 17.8. The molecule has 0 radical (unpaired) electrons. The van der Waals surface area contributed by atoms with Crippen molar-refractivity contribution in [2.24, 2.45) is 7.05 Å². The average Bonchev–Trinajstić information content (AvgIpc) is 3.00. The molecule has 2 aromatic heterocycles. The summed E-state index contributed by atoms with van der Waals surface area (Å²) in [6, 6.07) is 6.87. The first-order chi connectivity index (χ1) is 12.1. The first-order valence-electron chi connectivity index (χ1n) is 8.11. The van der Waals surface area contributed by atoms with E-state index in [1.165, 1.54) is 10.9 Å². The van der Waals surface area contributed by atoms with E-state index in [9.17, 15) is 9.59 Å². The summed E-state index contributed by atoms with van der Waals surface area (Å²) in [5, 5.41) is 12.1. The molecule has 2 heterocycles. The summed E-state index contributed by atoms with van der Waals surface area (Å²) in [6.07, 6.45) is 3.47. The molecule has 0 bridgehead atoms. The van der Waals surface area contributed by atoms with Crippen LogP contribution in [-0.2, 0) is 13.6 Å².